The Morgan fingerprint density at radius 3 is 2.52 bits per heavy atom. The van der Waals surface area contributed by atoms with Crippen LogP contribution in [0.2, 0.25) is 5.02 Å². The summed E-state index contributed by atoms with van der Waals surface area (Å²) in [5.74, 6) is -0.554. The predicted octanol–water partition coefficient (Wildman–Crippen LogP) is 7.19. The fraction of sp³-hybridized carbons (Fsp3) is 0.281. The van der Waals surface area contributed by atoms with Gasteiger partial charge in [0.2, 0.25) is 6.79 Å². The van der Waals surface area contributed by atoms with E-state index in [1.54, 1.807) is 0 Å². The Balaban J connectivity index is 1.36. The van der Waals surface area contributed by atoms with Crippen LogP contribution in [0.4, 0.5) is 0 Å². The Kier molecular flexibility index (Phi) is 7.51. The maximum Gasteiger partial charge on any atom is 0.315 e. The number of hydrogen-bond donors (Lipinski definition) is 0. The summed E-state index contributed by atoms with van der Waals surface area (Å²) in [5.41, 5.74) is 4.81. The molecule has 3 atom stereocenters. The number of carbonyl (C=O) groups excluding carboxylic acids is 2. The molecule has 0 amide bonds. The van der Waals surface area contributed by atoms with E-state index in [4.69, 9.17) is 30.8 Å². The van der Waals surface area contributed by atoms with Gasteiger partial charge in [-0.05, 0) is 60.2 Å². The van der Waals surface area contributed by atoms with Crippen LogP contribution in [0.3, 0.4) is 0 Å². The van der Waals surface area contributed by atoms with E-state index in [0.29, 0.717) is 47.1 Å². The highest BCUT2D eigenvalue weighted by molar-refractivity contribution is 9.10. The van der Waals surface area contributed by atoms with Gasteiger partial charge in [0.1, 0.15) is 5.92 Å². The highest BCUT2D eigenvalue weighted by Gasteiger charge is 2.46. The summed E-state index contributed by atoms with van der Waals surface area (Å²) in [5, 5.41) is 0.652. The van der Waals surface area contributed by atoms with Crippen LogP contribution < -0.4 is 9.47 Å². The molecule has 0 saturated heterocycles. The highest BCUT2D eigenvalue weighted by atomic mass is 79.9. The van der Waals surface area contributed by atoms with E-state index < -0.39 is 17.8 Å². The predicted molar refractivity (Wildman–Crippen MR) is 156 cm³/mol. The van der Waals surface area contributed by atoms with Gasteiger partial charge in [-0.1, -0.05) is 70.0 Å². The zero-order chi connectivity index (χ0) is 27.8. The number of allylic oxidation sites excluding steroid dienone is 2. The molecule has 2 aliphatic heterocycles. The van der Waals surface area contributed by atoms with Crippen molar-refractivity contribution in [3.63, 3.8) is 0 Å². The maximum absolute atomic E-state index is 13.9. The second-order valence-electron chi connectivity index (χ2n) is 10.3. The molecule has 6 nitrogen and oxygen atoms in total. The quantitative estimate of drug-likeness (QED) is 0.273. The molecule has 0 N–H and O–H groups in total. The van der Waals surface area contributed by atoms with Crippen LogP contribution in [0.25, 0.3) is 0 Å². The van der Waals surface area contributed by atoms with Crippen molar-refractivity contribution >= 4 is 45.0 Å². The monoisotopic (exact) mass is 619 g/mol. The first-order valence-corrected chi connectivity index (χ1v) is 14.4. The van der Waals surface area contributed by atoms with Crippen LogP contribution >= 0.6 is 27.5 Å². The molecule has 6 rings (SSSR count). The lowest BCUT2D eigenvalue weighted by atomic mass is 9.69. The molecular weight excluding hydrogens is 594 g/mol. The minimum Gasteiger partial charge on any atom is -0.465 e. The SMILES string of the molecule is CC1=NC2=C(C(=O)C[C@H](c3ccc(Cl)cc3)C2)[C@H](c2cc3c(cc2Br)OCO3)C1C(=O)OCCc1ccccc1. The molecule has 40 heavy (non-hydrogen) atoms. The Hall–Kier alpha value is -3.42. The summed E-state index contributed by atoms with van der Waals surface area (Å²) in [6.45, 7) is 2.20. The first kappa shape index (κ1) is 26.8. The van der Waals surface area contributed by atoms with Gasteiger partial charge in [0.25, 0.3) is 0 Å². The second-order valence-corrected chi connectivity index (χ2v) is 11.6. The number of ketones is 1. The number of nitrogens with zero attached hydrogens (tertiary/aromatic N) is 1. The molecule has 1 unspecified atom stereocenters. The average Bonchev–Trinajstić information content (AvgIpc) is 3.40. The molecule has 0 fully saturated rings. The number of esters is 1. The Morgan fingerprint density at radius 1 is 1.05 bits per heavy atom. The van der Waals surface area contributed by atoms with E-state index in [1.165, 1.54) is 0 Å². The molecule has 3 aromatic carbocycles. The minimum absolute atomic E-state index is 0.0183. The average molecular weight is 621 g/mol. The van der Waals surface area contributed by atoms with Gasteiger partial charge in [0, 0.05) is 45.2 Å². The van der Waals surface area contributed by atoms with Crippen molar-refractivity contribution < 1.29 is 23.8 Å². The Labute approximate surface area is 246 Å². The summed E-state index contributed by atoms with van der Waals surface area (Å²) < 4.78 is 17.8. The number of halogens is 2. The fourth-order valence-corrected chi connectivity index (χ4v) is 6.54. The second kappa shape index (κ2) is 11.2. The summed E-state index contributed by atoms with van der Waals surface area (Å²) in [4.78, 5) is 32.5. The molecule has 0 saturated carbocycles. The van der Waals surface area contributed by atoms with Crippen molar-refractivity contribution in [2.75, 3.05) is 13.4 Å². The third kappa shape index (κ3) is 5.20. The van der Waals surface area contributed by atoms with Gasteiger partial charge in [-0.3, -0.25) is 14.6 Å². The first-order chi connectivity index (χ1) is 19.4. The number of rotatable bonds is 6. The highest BCUT2D eigenvalue weighted by Crippen LogP contribution is 2.50. The van der Waals surface area contributed by atoms with Gasteiger partial charge < -0.3 is 14.2 Å². The molecule has 2 heterocycles. The third-order valence-corrected chi connectivity index (χ3v) is 8.73. The van der Waals surface area contributed by atoms with Gasteiger partial charge in [-0.15, -0.1) is 0 Å². The van der Waals surface area contributed by atoms with Crippen molar-refractivity contribution in [2.45, 2.75) is 38.0 Å². The molecule has 0 spiro atoms. The number of ether oxygens (including phenoxy) is 3. The van der Waals surface area contributed by atoms with Crippen LogP contribution in [0.5, 0.6) is 11.5 Å². The number of hydrogen-bond acceptors (Lipinski definition) is 6. The van der Waals surface area contributed by atoms with Crippen LogP contribution in [-0.4, -0.2) is 30.9 Å². The number of carbonyl (C=O) groups is 2. The molecule has 204 valence electrons. The molecule has 3 aromatic rings. The summed E-state index contributed by atoms with van der Waals surface area (Å²) in [6.07, 6.45) is 1.52. The van der Waals surface area contributed by atoms with E-state index in [-0.39, 0.29) is 25.1 Å². The van der Waals surface area contributed by atoms with Crippen LogP contribution in [0.1, 0.15) is 48.3 Å². The number of benzene rings is 3. The van der Waals surface area contributed by atoms with E-state index in [9.17, 15) is 9.59 Å². The number of aliphatic imine (C=N–C) groups is 1. The fourth-order valence-electron chi connectivity index (χ4n) is 5.85. The van der Waals surface area contributed by atoms with E-state index in [0.717, 1.165) is 26.9 Å². The topological polar surface area (TPSA) is 74.2 Å². The Morgan fingerprint density at radius 2 is 1.77 bits per heavy atom. The molecule has 0 radical (unpaired) electrons. The van der Waals surface area contributed by atoms with Gasteiger partial charge in [0.15, 0.2) is 17.3 Å². The number of fused-ring (bicyclic) bond motifs is 1. The molecule has 3 aliphatic rings. The molecular formula is C32H27BrClNO5. The van der Waals surface area contributed by atoms with E-state index in [1.807, 2.05) is 73.7 Å². The Bertz CT molecular complexity index is 1530. The van der Waals surface area contributed by atoms with Gasteiger partial charge in [-0.25, -0.2) is 0 Å². The van der Waals surface area contributed by atoms with Crippen LogP contribution in [0, 0.1) is 5.92 Å². The van der Waals surface area contributed by atoms with Crippen molar-refractivity contribution in [1.82, 2.24) is 0 Å². The lowest BCUT2D eigenvalue weighted by Crippen LogP contribution is -2.38. The van der Waals surface area contributed by atoms with Crippen molar-refractivity contribution in [3.05, 3.63) is 104 Å². The zero-order valence-electron chi connectivity index (χ0n) is 21.9. The van der Waals surface area contributed by atoms with E-state index in [2.05, 4.69) is 15.9 Å². The third-order valence-electron chi connectivity index (χ3n) is 7.79. The standard InChI is InChI=1S/C32H27BrClNO5/c1-18-29(32(37)38-12-11-19-5-3-2-4-6-19)30(23-15-27-28(16-24(23)33)40-17-39-27)31-25(35-18)13-21(14-26(31)36)20-7-9-22(34)10-8-20/h2-10,15-16,21,29-30H,11-14,17H2,1H3/t21-,29?,30-/m1/s1. The molecule has 1 aliphatic carbocycles. The summed E-state index contributed by atoms with van der Waals surface area (Å²) >= 11 is 9.79. The molecule has 0 aromatic heterocycles. The smallest absolute Gasteiger partial charge is 0.315 e. The van der Waals surface area contributed by atoms with Gasteiger partial charge >= 0.3 is 5.97 Å². The van der Waals surface area contributed by atoms with Crippen LogP contribution in [0.15, 0.2) is 87.5 Å². The molecule has 0 bridgehead atoms. The molecule has 8 heteroatoms. The zero-order valence-corrected chi connectivity index (χ0v) is 24.2. The number of Topliss-reactive ketones (excluding diaryl/α,β-unsaturated/α-hetero) is 1. The largest absolute Gasteiger partial charge is 0.465 e. The van der Waals surface area contributed by atoms with Crippen molar-refractivity contribution in [2.24, 2.45) is 10.9 Å². The van der Waals surface area contributed by atoms with Gasteiger partial charge in [-0.2, -0.15) is 0 Å². The summed E-state index contributed by atoms with van der Waals surface area (Å²) in [6, 6.07) is 21.2. The van der Waals surface area contributed by atoms with Crippen molar-refractivity contribution in [3.8, 4) is 11.5 Å². The lowest BCUT2D eigenvalue weighted by Gasteiger charge is -2.37. The summed E-state index contributed by atoms with van der Waals surface area (Å²) in [7, 11) is 0. The van der Waals surface area contributed by atoms with Crippen LogP contribution in [-0.2, 0) is 20.7 Å². The van der Waals surface area contributed by atoms with Gasteiger partial charge in [0.05, 0.1) is 6.61 Å². The normalized spacial score (nSPS) is 21.6. The van der Waals surface area contributed by atoms with E-state index >= 15 is 0 Å². The van der Waals surface area contributed by atoms with Crippen molar-refractivity contribution in [1.29, 1.82) is 0 Å². The maximum atomic E-state index is 13.9. The first-order valence-electron chi connectivity index (χ1n) is 13.3. The minimum atomic E-state index is -0.748. The lowest BCUT2D eigenvalue weighted by molar-refractivity contribution is -0.146.